The second-order valence-corrected chi connectivity index (χ2v) is 4.80. The van der Waals surface area contributed by atoms with Crippen molar-refractivity contribution >= 4 is 11.8 Å². The molecular formula is C15H22N2O3. The molecule has 2 rings (SSSR count). The molecule has 0 saturated carbocycles. The zero-order valence-corrected chi connectivity index (χ0v) is 12.1. The van der Waals surface area contributed by atoms with E-state index in [1.54, 1.807) is 12.0 Å². The number of hydrogen-bond acceptors (Lipinski definition) is 4. The first-order chi connectivity index (χ1) is 9.74. The number of nitrogens with one attached hydrogen (secondary N) is 1. The summed E-state index contributed by atoms with van der Waals surface area (Å²) in [5, 5.41) is 3.49. The Labute approximate surface area is 119 Å². The van der Waals surface area contributed by atoms with Crippen LogP contribution in [0.3, 0.4) is 0 Å². The first-order valence-corrected chi connectivity index (χ1v) is 7.05. The van der Waals surface area contributed by atoms with Gasteiger partial charge in [0, 0.05) is 19.1 Å². The van der Waals surface area contributed by atoms with Gasteiger partial charge in [0.25, 0.3) is 0 Å². The van der Waals surface area contributed by atoms with Gasteiger partial charge in [0.15, 0.2) is 0 Å². The van der Waals surface area contributed by atoms with E-state index in [9.17, 15) is 4.79 Å². The maximum Gasteiger partial charge on any atom is 0.409 e. The Morgan fingerprint density at radius 2 is 2.05 bits per heavy atom. The van der Waals surface area contributed by atoms with E-state index in [0.717, 1.165) is 37.4 Å². The van der Waals surface area contributed by atoms with Gasteiger partial charge in [0.05, 0.1) is 19.4 Å². The van der Waals surface area contributed by atoms with Crippen molar-refractivity contribution in [2.45, 2.75) is 25.8 Å². The molecule has 1 aromatic rings. The third kappa shape index (κ3) is 3.56. The molecule has 0 radical (unpaired) electrons. The lowest BCUT2D eigenvalue weighted by molar-refractivity contribution is 0.0983. The largest absolute Gasteiger partial charge is 0.495 e. The van der Waals surface area contributed by atoms with Crippen LogP contribution in [0.25, 0.3) is 0 Å². The normalized spacial score (nSPS) is 15.8. The fraction of sp³-hybridized carbons (Fsp3) is 0.533. The number of rotatable bonds is 4. The predicted molar refractivity (Wildman–Crippen MR) is 78.2 cm³/mol. The van der Waals surface area contributed by atoms with Crippen LogP contribution in [-0.2, 0) is 4.74 Å². The van der Waals surface area contributed by atoms with Gasteiger partial charge in [-0.1, -0.05) is 12.1 Å². The van der Waals surface area contributed by atoms with Crippen molar-refractivity contribution in [2.24, 2.45) is 0 Å². The molecule has 0 atom stereocenters. The number of likely N-dealkylation sites (tertiary alicyclic amines) is 1. The molecule has 20 heavy (non-hydrogen) atoms. The van der Waals surface area contributed by atoms with Gasteiger partial charge in [-0.05, 0) is 31.9 Å². The number of piperidine rings is 1. The number of methoxy groups -OCH3 is 1. The highest BCUT2D eigenvalue weighted by Gasteiger charge is 2.23. The highest BCUT2D eigenvalue weighted by Crippen LogP contribution is 2.26. The SMILES string of the molecule is CCOC(=O)N1CCC(Nc2ccccc2OC)CC1. The van der Waals surface area contributed by atoms with E-state index in [4.69, 9.17) is 9.47 Å². The second kappa shape index (κ2) is 7.03. The van der Waals surface area contributed by atoms with Crippen LogP contribution in [0.2, 0.25) is 0 Å². The van der Waals surface area contributed by atoms with E-state index in [1.165, 1.54) is 0 Å². The first-order valence-electron chi connectivity index (χ1n) is 7.05. The van der Waals surface area contributed by atoms with Crippen LogP contribution in [0.5, 0.6) is 5.75 Å². The molecular weight excluding hydrogens is 256 g/mol. The molecule has 5 heteroatoms. The third-order valence-electron chi connectivity index (χ3n) is 3.49. The minimum atomic E-state index is -0.205. The summed E-state index contributed by atoms with van der Waals surface area (Å²) in [5.41, 5.74) is 1.00. The van der Waals surface area contributed by atoms with Crippen LogP contribution < -0.4 is 10.1 Å². The Hall–Kier alpha value is -1.91. The number of anilines is 1. The summed E-state index contributed by atoms with van der Waals surface area (Å²) in [6, 6.07) is 8.25. The van der Waals surface area contributed by atoms with Gasteiger partial charge in [-0.2, -0.15) is 0 Å². The Balaban J connectivity index is 1.87. The van der Waals surface area contributed by atoms with Gasteiger partial charge >= 0.3 is 6.09 Å². The molecule has 1 heterocycles. The molecule has 1 aliphatic rings. The molecule has 1 aromatic carbocycles. The lowest BCUT2D eigenvalue weighted by Crippen LogP contribution is -2.42. The van der Waals surface area contributed by atoms with Crippen LogP contribution >= 0.6 is 0 Å². The monoisotopic (exact) mass is 278 g/mol. The summed E-state index contributed by atoms with van der Waals surface area (Å²) in [6.45, 7) is 3.71. The fourth-order valence-corrected chi connectivity index (χ4v) is 2.40. The van der Waals surface area contributed by atoms with Crippen molar-refractivity contribution in [1.29, 1.82) is 0 Å². The highest BCUT2D eigenvalue weighted by molar-refractivity contribution is 5.67. The van der Waals surface area contributed by atoms with Crippen molar-refractivity contribution in [3.05, 3.63) is 24.3 Å². The number of nitrogens with zero attached hydrogens (tertiary/aromatic N) is 1. The van der Waals surface area contributed by atoms with Crippen molar-refractivity contribution in [3.63, 3.8) is 0 Å². The summed E-state index contributed by atoms with van der Waals surface area (Å²) in [7, 11) is 1.67. The number of carbonyl (C=O) groups is 1. The topological polar surface area (TPSA) is 50.8 Å². The summed E-state index contributed by atoms with van der Waals surface area (Å²) >= 11 is 0. The average Bonchev–Trinajstić information content (AvgIpc) is 2.49. The minimum Gasteiger partial charge on any atom is -0.495 e. The van der Waals surface area contributed by atoms with Gasteiger partial charge in [-0.15, -0.1) is 0 Å². The fourth-order valence-electron chi connectivity index (χ4n) is 2.40. The predicted octanol–water partition coefficient (Wildman–Crippen LogP) is 2.73. The van der Waals surface area contributed by atoms with E-state index >= 15 is 0 Å². The second-order valence-electron chi connectivity index (χ2n) is 4.80. The van der Waals surface area contributed by atoms with E-state index < -0.39 is 0 Å². The van der Waals surface area contributed by atoms with Crippen LogP contribution in [-0.4, -0.2) is 43.8 Å². The number of benzene rings is 1. The molecule has 1 fully saturated rings. The molecule has 1 N–H and O–H groups in total. The standard InChI is InChI=1S/C15H22N2O3/c1-3-20-15(18)17-10-8-12(9-11-17)16-13-6-4-5-7-14(13)19-2/h4-7,12,16H,3,8-11H2,1-2H3. The lowest BCUT2D eigenvalue weighted by Gasteiger charge is -2.32. The molecule has 1 saturated heterocycles. The van der Waals surface area contributed by atoms with Gasteiger partial charge in [-0.25, -0.2) is 4.79 Å². The Morgan fingerprint density at radius 1 is 1.35 bits per heavy atom. The van der Waals surface area contributed by atoms with Crippen molar-refractivity contribution in [2.75, 3.05) is 32.1 Å². The summed E-state index contributed by atoms with van der Waals surface area (Å²) in [5.74, 6) is 0.848. The zero-order chi connectivity index (χ0) is 14.4. The Morgan fingerprint density at radius 3 is 2.70 bits per heavy atom. The van der Waals surface area contributed by atoms with Crippen LogP contribution in [0.4, 0.5) is 10.5 Å². The summed E-state index contributed by atoms with van der Waals surface area (Å²) in [4.78, 5) is 13.4. The van der Waals surface area contributed by atoms with Crippen molar-refractivity contribution < 1.29 is 14.3 Å². The number of amides is 1. The molecule has 1 aliphatic heterocycles. The lowest BCUT2D eigenvalue weighted by atomic mass is 10.0. The van der Waals surface area contributed by atoms with Crippen molar-refractivity contribution in [3.8, 4) is 5.75 Å². The van der Waals surface area contributed by atoms with E-state index in [2.05, 4.69) is 5.32 Å². The maximum absolute atomic E-state index is 11.6. The zero-order valence-electron chi connectivity index (χ0n) is 12.1. The molecule has 0 aromatic heterocycles. The molecule has 0 spiro atoms. The quantitative estimate of drug-likeness (QED) is 0.920. The highest BCUT2D eigenvalue weighted by atomic mass is 16.6. The molecule has 110 valence electrons. The van der Waals surface area contributed by atoms with E-state index in [1.807, 2.05) is 31.2 Å². The third-order valence-corrected chi connectivity index (χ3v) is 3.49. The molecule has 0 bridgehead atoms. The Kier molecular flexibility index (Phi) is 5.09. The number of hydrogen-bond donors (Lipinski definition) is 1. The molecule has 0 aliphatic carbocycles. The molecule has 0 unspecified atom stereocenters. The molecule has 1 amide bonds. The maximum atomic E-state index is 11.6. The van der Waals surface area contributed by atoms with Crippen molar-refractivity contribution in [1.82, 2.24) is 4.90 Å². The summed E-state index contributed by atoms with van der Waals surface area (Å²) in [6.07, 6.45) is 1.62. The average molecular weight is 278 g/mol. The number of ether oxygens (including phenoxy) is 2. The van der Waals surface area contributed by atoms with Gasteiger partial charge in [-0.3, -0.25) is 0 Å². The van der Waals surface area contributed by atoms with Crippen LogP contribution in [0.1, 0.15) is 19.8 Å². The number of carbonyl (C=O) groups excluding carboxylic acids is 1. The number of para-hydroxylation sites is 2. The van der Waals surface area contributed by atoms with E-state index in [0.29, 0.717) is 12.6 Å². The van der Waals surface area contributed by atoms with Gasteiger partial charge in [0.1, 0.15) is 5.75 Å². The smallest absolute Gasteiger partial charge is 0.409 e. The van der Waals surface area contributed by atoms with Gasteiger partial charge in [0.2, 0.25) is 0 Å². The van der Waals surface area contributed by atoms with Crippen LogP contribution in [0, 0.1) is 0 Å². The van der Waals surface area contributed by atoms with Gasteiger partial charge < -0.3 is 19.7 Å². The molecule has 5 nitrogen and oxygen atoms in total. The Bertz CT molecular complexity index is 442. The first kappa shape index (κ1) is 14.5. The minimum absolute atomic E-state index is 0.205. The van der Waals surface area contributed by atoms with E-state index in [-0.39, 0.29) is 6.09 Å². The summed E-state index contributed by atoms with van der Waals surface area (Å²) < 4.78 is 10.3. The van der Waals surface area contributed by atoms with Crippen LogP contribution in [0.15, 0.2) is 24.3 Å².